The highest BCUT2D eigenvalue weighted by atomic mass is 35.5. The Balaban J connectivity index is 2.11. The number of alkyl halides is 1. The summed E-state index contributed by atoms with van der Waals surface area (Å²) in [4.78, 5) is 4.16. The van der Waals surface area contributed by atoms with E-state index in [0.717, 1.165) is 17.9 Å². The van der Waals surface area contributed by atoms with Crippen LogP contribution in [0, 0.1) is 0 Å². The Morgan fingerprint density at radius 1 is 1.32 bits per heavy atom. The van der Waals surface area contributed by atoms with Crippen molar-refractivity contribution in [3.05, 3.63) is 35.9 Å². The van der Waals surface area contributed by atoms with Crippen molar-refractivity contribution in [2.45, 2.75) is 26.0 Å². The number of hydrogen-bond acceptors (Lipinski definition) is 4. The van der Waals surface area contributed by atoms with Crippen LogP contribution < -0.4 is 9.47 Å². The van der Waals surface area contributed by atoms with Gasteiger partial charge in [0.25, 0.3) is 0 Å². The summed E-state index contributed by atoms with van der Waals surface area (Å²) in [6.45, 7) is 3.12. The maximum Gasteiger partial charge on any atom is 0.164 e. The van der Waals surface area contributed by atoms with E-state index >= 15 is 0 Å². The largest absolute Gasteiger partial charge is 0.493 e. The second kappa shape index (κ2) is 6.43. The smallest absolute Gasteiger partial charge is 0.164 e. The molecule has 1 aromatic heterocycles. The summed E-state index contributed by atoms with van der Waals surface area (Å²) in [5, 5.41) is 4.09. The Hall–Kier alpha value is -1.75. The van der Waals surface area contributed by atoms with E-state index in [1.165, 1.54) is 6.33 Å². The minimum atomic E-state index is 0.352. The molecule has 6 heteroatoms. The van der Waals surface area contributed by atoms with Crippen LogP contribution in [-0.2, 0) is 19.0 Å². The number of nitrogens with zero attached hydrogens (tertiary/aromatic N) is 3. The van der Waals surface area contributed by atoms with Gasteiger partial charge in [-0.2, -0.15) is 5.10 Å². The fraction of sp³-hybridized carbons (Fsp3) is 0.385. The molecule has 19 heavy (non-hydrogen) atoms. The molecule has 0 fully saturated rings. The molecule has 0 spiro atoms. The lowest BCUT2D eigenvalue weighted by Crippen LogP contribution is -2.07. The summed E-state index contributed by atoms with van der Waals surface area (Å²) < 4.78 is 12.8. The monoisotopic (exact) mass is 281 g/mol. The fourth-order valence-corrected chi connectivity index (χ4v) is 1.89. The highest BCUT2D eigenvalue weighted by Gasteiger charge is 2.08. The van der Waals surface area contributed by atoms with E-state index < -0.39 is 0 Å². The van der Waals surface area contributed by atoms with E-state index in [1.54, 1.807) is 11.8 Å². The average molecular weight is 282 g/mol. The molecule has 0 unspecified atom stereocenters. The zero-order valence-electron chi connectivity index (χ0n) is 11.0. The molecule has 0 amide bonds. The number of benzene rings is 1. The third-order valence-corrected chi connectivity index (χ3v) is 3.04. The van der Waals surface area contributed by atoms with Gasteiger partial charge in [0, 0.05) is 12.4 Å². The molecule has 0 atom stereocenters. The van der Waals surface area contributed by atoms with Crippen LogP contribution in [0.5, 0.6) is 11.5 Å². The molecule has 0 bridgehead atoms. The zero-order valence-corrected chi connectivity index (χ0v) is 11.7. The molecular weight excluding hydrogens is 266 g/mol. The Morgan fingerprint density at radius 2 is 2.16 bits per heavy atom. The van der Waals surface area contributed by atoms with Crippen LogP contribution >= 0.6 is 11.6 Å². The number of ether oxygens (including phenoxy) is 2. The second-order valence-corrected chi connectivity index (χ2v) is 4.17. The third-order valence-electron chi connectivity index (χ3n) is 2.73. The van der Waals surface area contributed by atoms with Crippen molar-refractivity contribution < 1.29 is 9.47 Å². The van der Waals surface area contributed by atoms with E-state index in [-0.39, 0.29) is 0 Å². The number of hydrogen-bond donors (Lipinski definition) is 0. The van der Waals surface area contributed by atoms with Crippen molar-refractivity contribution >= 4 is 11.6 Å². The van der Waals surface area contributed by atoms with Crippen LogP contribution in [0.1, 0.15) is 18.3 Å². The van der Waals surface area contributed by atoms with E-state index in [0.29, 0.717) is 24.0 Å². The predicted molar refractivity (Wildman–Crippen MR) is 72.6 cm³/mol. The minimum absolute atomic E-state index is 0.352. The average Bonchev–Trinajstić information content (AvgIpc) is 2.92. The first-order chi connectivity index (χ1) is 9.28. The Bertz CT molecular complexity index is 542. The van der Waals surface area contributed by atoms with Gasteiger partial charge in [-0.15, -0.1) is 11.6 Å². The van der Waals surface area contributed by atoms with Gasteiger partial charge in [-0.3, -0.25) is 0 Å². The van der Waals surface area contributed by atoms with Gasteiger partial charge in [0.15, 0.2) is 17.3 Å². The van der Waals surface area contributed by atoms with E-state index in [4.69, 9.17) is 21.1 Å². The normalized spacial score (nSPS) is 10.5. The first-order valence-electron chi connectivity index (χ1n) is 6.00. The van der Waals surface area contributed by atoms with Crippen LogP contribution in [0.15, 0.2) is 24.5 Å². The minimum Gasteiger partial charge on any atom is -0.493 e. The maximum absolute atomic E-state index is 5.79. The molecule has 2 rings (SSSR count). The van der Waals surface area contributed by atoms with Crippen molar-refractivity contribution in [2.24, 2.45) is 0 Å². The summed E-state index contributed by atoms with van der Waals surface area (Å²) in [7, 11) is 1.61. The lowest BCUT2D eigenvalue weighted by molar-refractivity contribution is 0.269. The van der Waals surface area contributed by atoms with Gasteiger partial charge < -0.3 is 9.47 Å². The maximum atomic E-state index is 5.79. The number of rotatable bonds is 6. The number of methoxy groups -OCH3 is 1. The molecule has 0 aliphatic carbocycles. The predicted octanol–water partition coefficient (Wildman–Crippen LogP) is 2.62. The number of aromatic nitrogens is 3. The fourth-order valence-electron chi connectivity index (χ4n) is 1.72. The zero-order chi connectivity index (χ0) is 13.7. The molecule has 0 saturated heterocycles. The van der Waals surface area contributed by atoms with Crippen molar-refractivity contribution in [1.82, 2.24) is 14.8 Å². The van der Waals surface area contributed by atoms with E-state index in [1.807, 2.05) is 25.1 Å². The van der Waals surface area contributed by atoms with Gasteiger partial charge in [0.2, 0.25) is 0 Å². The summed E-state index contributed by atoms with van der Waals surface area (Å²) in [6.07, 6.45) is 1.52. The van der Waals surface area contributed by atoms with Gasteiger partial charge in [0.05, 0.1) is 7.11 Å². The first kappa shape index (κ1) is 13.7. The van der Waals surface area contributed by atoms with Gasteiger partial charge in [-0.05, 0) is 24.6 Å². The molecule has 2 aromatic rings. The number of aryl methyl sites for hydroxylation is 1. The quantitative estimate of drug-likeness (QED) is 0.764. The van der Waals surface area contributed by atoms with Crippen LogP contribution in [0.4, 0.5) is 0 Å². The summed E-state index contributed by atoms with van der Waals surface area (Å²) in [5.41, 5.74) is 0.989. The first-order valence-corrected chi connectivity index (χ1v) is 6.54. The molecule has 1 heterocycles. The van der Waals surface area contributed by atoms with E-state index in [2.05, 4.69) is 10.1 Å². The topological polar surface area (TPSA) is 49.2 Å². The van der Waals surface area contributed by atoms with Gasteiger partial charge in [-0.1, -0.05) is 6.07 Å². The molecule has 0 radical (unpaired) electrons. The van der Waals surface area contributed by atoms with Gasteiger partial charge in [0.1, 0.15) is 12.9 Å². The SMILES string of the molecule is CCn1ncnc1COc1ccc(CCl)cc1OC. The van der Waals surface area contributed by atoms with Crippen molar-refractivity contribution in [2.75, 3.05) is 7.11 Å². The van der Waals surface area contributed by atoms with Crippen molar-refractivity contribution in [3.8, 4) is 11.5 Å². The molecule has 0 N–H and O–H groups in total. The summed E-state index contributed by atoms with van der Waals surface area (Å²) >= 11 is 5.79. The van der Waals surface area contributed by atoms with E-state index in [9.17, 15) is 0 Å². The Kier molecular flexibility index (Phi) is 4.63. The van der Waals surface area contributed by atoms with Crippen LogP contribution in [0.25, 0.3) is 0 Å². The molecule has 1 aromatic carbocycles. The summed E-state index contributed by atoms with van der Waals surface area (Å²) in [6, 6.07) is 5.63. The lowest BCUT2D eigenvalue weighted by atomic mass is 10.2. The molecule has 0 aliphatic heterocycles. The Labute approximate surface area is 117 Å². The number of halogens is 1. The van der Waals surface area contributed by atoms with Crippen molar-refractivity contribution in [1.29, 1.82) is 0 Å². The van der Waals surface area contributed by atoms with Crippen LogP contribution in [0.3, 0.4) is 0 Å². The van der Waals surface area contributed by atoms with Crippen LogP contribution in [0.2, 0.25) is 0 Å². The van der Waals surface area contributed by atoms with Crippen molar-refractivity contribution in [3.63, 3.8) is 0 Å². The molecule has 102 valence electrons. The highest BCUT2D eigenvalue weighted by molar-refractivity contribution is 6.17. The molecule has 5 nitrogen and oxygen atoms in total. The third kappa shape index (κ3) is 3.17. The standard InChI is InChI=1S/C13H16ClN3O2/c1-3-17-13(15-9-16-17)8-19-11-5-4-10(7-14)6-12(11)18-2/h4-6,9H,3,7-8H2,1-2H3. The Morgan fingerprint density at radius 3 is 2.84 bits per heavy atom. The molecule has 0 aliphatic rings. The van der Waals surface area contributed by atoms with Crippen LogP contribution in [-0.4, -0.2) is 21.9 Å². The molecule has 0 saturated carbocycles. The lowest BCUT2D eigenvalue weighted by Gasteiger charge is -2.11. The summed E-state index contributed by atoms with van der Waals surface area (Å²) in [5.74, 6) is 2.56. The molecular formula is C13H16ClN3O2. The van der Waals surface area contributed by atoms with Gasteiger partial charge >= 0.3 is 0 Å². The second-order valence-electron chi connectivity index (χ2n) is 3.90. The highest BCUT2D eigenvalue weighted by Crippen LogP contribution is 2.29. The van der Waals surface area contributed by atoms with Gasteiger partial charge in [-0.25, -0.2) is 9.67 Å².